The quantitative estimate of drug-likeness (QED) is 0.391. The molecule has 158 valence electrons. The molecule has 3 rings (SSSR count). The molecule has 5 nitrogen and oxygen atoms in total. The fourth-order valence-electron chi connectivity index (χ4n) is 3.02. The van der Waals surface area contributed by atoms with E-state index in [2.05, 4.69) is 54.6 Å². The van der Waals surface area contributed by atoms with E-state index in [0.717, 1.165) is 39.5 Å². The van der Waals surface area contributed by atoms with Crippen molar-refractivity contribution in [2.24, 2.45) is 4.99 Å². The zero-order valence-electron chi connectivity index (χ0n) is 17.5. The lowest BCUT2D eigenvalue weighted by Crippen LogP contribution is -2.23. The van der Waals surface area contributed by atoms with Crippen LogP contribution in [0.5, 0.6) is 0 Å². The number of rotatable bonds is 7. The summed E-state index contributed by atoms with van der Waals surface area (Å²) in [4.78, 5) is 21.6. The second-order valence-electron chi connectivity index (χ2n) is 7.29. The van der Waals surface area contributed by atoms with Crippen LogP contribution < -0.4 is 0 Å². The minimum atomic E-state index is -0.879. The molecule has 30 heavy (non-hydrogen) atoms. The minimum absolute atomic E-state index is 0. The van der Waals surface area contributed by atoms with Crippen molar-refractivity contribution in [2.75, 3.05) is 13.6 Å². The van der Waals surface area contributed by atoms with Crippen LogP contribution in [-0.4, -0.2) is 40.9 Å². The number of thiazole rings is 1. The molecular formula is C23H26ClN3O2S. The lowest BCUT2D eigenvalue weighted by Gasteiger charge is -2.11. The average Bonchev–Trinajstić information content (AvgIpc) is 3.12. The van der Waals surface area contributed by atoms with Crippen LogP contribution in [0, 0.1) is 20.8 Å². The number of carboxylic acids is 1. The number of halogens is 1. The zero-order chi connectivity index (χ0) is 21.0. The molecule has 0 saturated carbocycles. The summed E-state index contributed by atoms with van der Waals surface area (Å²) in [5.74, 6) is -0.879. The van der Waals surface area contributed by atoms with Crippen molar-refractivity contribution < 1.29 is 9.90 Å². The molecule has 0 fully saturated rings. The van der Waals surface area contributed by atoms with E-state index >= 15 is 0 Å². The molecule has 1 heterocycles. The smallest absolute Gasteiger partial charge is 0.323 e. The van der Waals surface area contributed by atoms with Crippen LogP contribution in [0.25, 0.3) is 11.3 Å². The van der Waals surface area contributed by atoms with Gasteiger partial charge in [-0.1, -0.05) is 35.9 Å². The van der Waals surface area contributed by atoms with Gasteiger partial charge in [0.25, 0.3) is 0 Å². The predicted octanol–water partition coefficient (Wildman–Crippen LogP) is 5.42. The van der Waals surface area contributed by atoms with E-state index < -0.39 is 5.97 Å². The summed E-state index contributed by atoms with van der Waals surface area (Å²) in [5, 5.41) is 12.0. The molecule has 0 aliphatic rings. The molecule has 2 aromatic carbocycles. The van der Waals surface area contributed by atoms with Crippen molar-refractivity contribution in [3.8, 4) is 11.3 Å². The summed E-state index contributed by atoms with van der Waals surface area (Å²) in [5.41, 5.74) is 7.68. The lowest BCUT2D eigenvalue weighted by molar-refractivity contribution is -0.137. The van der Waals surface area contributed by atoms with E-state index in [4.69, 9.17) is 10.1 Å². The van der Waals surface area contributed by atoms with Crippen molar-refractivity contribution in [1.29, 1.82) is 0 Å². The molecule has 0 spiro atoms. The van der Waals surface area contributed by atoms with Crippen molar-refractivity contribution in [1.82, 2.24) is 9.88 Å². The molecule has 0 bridgehead atoms. The number of hydrogen-bond acceptors (Lipinski definition) is 4. The zero-order valence-corrected chi connectivity index (χ0v) is 19.2. The molecule has 0 radical (unpaired) electrons. The Morgan fingerprint density at radius 2 is 1.87 bits per heavy atom. The number of benzene rings is 2. The third kappa shape index (κ3) is 6.15. The van der Waals surface area contributed by atoms with Gasteiger partial charge in [0.1, 0.15) is 6.54 Å². The maximum Gasteiger partial charge on any atom is 0.323 e. The largest absolute Gasteiger partial charge is 0.480 e. The third-order valence-electron chi connectivity index (χ3n) is 4.67. The van der Waals surface area contributed by atoms with Gasteiger partial charge >= 0.3 is 5.97 Å². The topological polar surface area (TPSA) is 65.8 Å². The van der Waals surface area contributed by atoms with E-state index in [1.54, 1.807) is 29.6 Å². The van der Waals surface area contributed by atoms with Crippen LogP contribution in [0.2, 0.25) is 0 Å². The SMILES string of the molecule is Cc1ccc(-c2csc(Cc3cc(C)c(N=CN(C)CC(=O)O)cc3C)n2)cc1.Cl. The summed E-state index contributed by atoms with van der Waals surface area (Å²) in [6.45, 7) is 6.10. The van der Waals surface area contributed by atoms with Gasteiger partial charge in [0.05, 0.1) is 22.7 Å². The number of aryl methyl sites for hydroxylation is 3. The maximum absolute atomic E-state index is 10.8. The average molecular weight is 444 g/mol. The Morgan fingerprint density at radius 1 is 1.17 bits per heavy atom. The van der Waals surface area contributed by atoms with Crippen molar-refractivity contribution in [3.05, 3.63) is 69.0 Å². The van der Waals surface area contributed by atoms with E-state index in [1.165, 1.54) is 11.1 Å². The molecule has 3 aromatic rings. The Hall–Kier alpha value is -2.70. The Kier molecular flexibility index (Phi) is 8.15. The van der Waals surface area contributed by atoms with Crippen LogP contribution in [-0.2, 0) is 11.2 Å². The van der Waals surface area contributed by atoms with E-state index in [1.807, 2.05) is 13.0 Å². The Bertz CT molecular complexity index is 1050. The molecule has 0 aliphatic carbocycles. The molecule has 7 heteroatoms. The second-order valence-corrected chi connectivity index (χ2v) is 8.23. The van der Waals surface area contributed by atoms with Gasteiger partial charge in [-0.3, -0.25) is 4.79 Å². The summed E-state index contributed by atoms with van der Waals surface area (Å²) in [7, 11) is 1.70. The summed E-state index contributed by atoms with van der Waals surface area (Å²) in [6, 6.07) is 12.6. The third-order valence-corrected chi connectivity index (χ3v) is 5.52. The van der Waals surface area contributed by atoms with Gasteiger partial charge in [0, 0.05) is 24.4 Å². The van der Waals surface area contributed by atoms with Crippen LogP contribution >= 0.6 is 23.7 Å². The normalized spacial score (nSPS) is 10.8. The Balaban J connectivity index is 0.00000320. The van der Waals surface area contributed by atoms with Crippen molar-refractivity contribution >= 4 is 41.7 Å². The van der Waals surface area contributed by atoms with Crippen molar-refractivity contribution in [2.45, 2.75) is 27.2 Å². The lowest BCUT2D eigenvalue weighted by atomic mass is 10.0. The first-order valence-corrected chi connectivity index (χ1v) is 10.3. The van der Waals surface area contributed by atoms with Gasteiger partial charge in [0.15, 0.2) is 0 Å². The van der Waals surface area contributed by atoms with Crippen molar-refractivity contribution in [3.63, 3.8) is 0 Å². The van der Waals surface area contributed by atoms with Gasteiger partial charge in [-0.2, -0.15) is 0 Å². The predicted molar refractivity (Wildman–Crippen MR) is 127 cm³/mol. The molecule has 0 aliphatic heterocycles. The van der Waals surface area contributed by atoms with E-state index in [-0.39, 0.29) is 19.0 Å². The van der Waals surface area contributed by atoms with Gasteiger partial charge in [-0.05, 0) is 43.5 Å². The highest BCUT2D eigenvalue weighted by Crippen LogP contribution is 2.28. The van der Waals surface area contributed by atoms with E-state index in [9.17, 15) is 4.79 Å². The molecule has 0 saturated heterocycles. The first-order chi connectivity index (χ1) is 13.8. The van der Waals surface area contributed by atoms with Gasteiger partial charge < -0.3 is 10.0 Å². The number of likely N-dealkylation sites (N-methyl/N-ethyl adjacent to an activating group) is 1. The first kappa shape index (κ1) is 23.6. The van der Waals surface area contributed by atoms with Crippen LogP contribution in [0.4, 0.5) is 5.69 Å². The molecule has 0 unspecified atom stereocenters. The monoisotopic (exact) mass is 443 g/mol. The number of nitrogens with zero attached hydrogens (tertiary/aromatic N) is 3. The number of hydrogen-bond donors (Lipinski definition) is 1. The highest BCUT2D eigenvalue weighted by Gasteiger charge is 2.09. The Labute approximate surface area is 187 Å². The maximum atomic E-state index is 10.8. The minimum Gasteiger partial charge on any atom is -0.480 e. The molecule has 1 N–H and O–H groups in total. The molecular weight excluding hydrogens is 418 g/mol. The number of carboxylic acid groups (broad SMARTS) is 1. The summed E-state index contributed by atoms with van der Waals surface area (Å²) < 4.78 is 0. The van der Waals surface area contributed by atoms with Gasteiger partial charge in [-0.15, -0.1) is 23.7 Å². The van der Waals surface area contributed by atoms with Crippen LogP contribution in [0.3, 0.4) is 0 Å². The summed E-state index contributed by atoms with van der Waals surface area (Å²) >= 11 is 1.68. The number of aliphatic carboxylic acids is 1. The standard InChI is InChI=1S/C23H25N3O2S.ClH/c1-15-5-7-18(8-6-15)21-13-29-22(25-21)11-19-9-17(3)20(10-16(19)2)24-14-26(4)12-23(27)28;/h5-10,13-14H,11-12H2,1-4H3,(H,27,28);1H. The number of carbonyl (C=O) groups is 1. The molecule has 1 aromatic heterocycles. The fraction of sp³-hybridized carbons (Fsp3) is 0.261. The first-order valence-electron chi connectivity index (χ1n) is 9.39. The van der Waals surface area contributed by atoms with Gasteiger partial charge in [-0.25, -0.2) is 9.98 Å². The highest BCUT2D eigenvalue weighted by molar-refractivity contribution is 7.10. The highest BCUT2D eigenvalue weighted by atomic mass is 35.5. The second kappa shape index (κ2) is 10.4. The number of aromatic nitrogens is 1. The molecule has 0 atom stereocenters. The van der Waals surface area contributed by atoms with Crippen LogP contribution in [0.1, 0.15) is 27.3 Å². The number of aliphatic imine (C=N–C) groups is 1. The van der Waals surface area contributed by atoms with Crippen LogP contribution in [0.15, 0.2) is 46.8 Å². The Morgan fingerprint density at radius 3 is 2.53 bits per heavy atom. The summed E-state index contributed by atoms with van der Waals surface area (Å²) in [6.07, 6.45) is 2.34. The van der Waals surface area contributed by atoms with E-state index in [0.29, 0.717) is 0 Å². The molecule has 0 amide bonds. The fourth-order valence-corrected chi connectivity index (χ4v) is 3.84. The van der Waals surface area contributed by atoms with Gasteiger partial charge in [0.2, 0.25) is 0 Å².